The first-order chi connectivity index (χ1) is 7.96. The highest BCUT2D eigenvalue weighted by Gasteiger charge is 2.39. The summed E-state index contributed by atoms with van der Waals surface area (Å²) in [6, 6.07) is 0. The molecule has 0 aromatic rings. The predicted molar refractivity (Wildman–Crippen MR) is 64.6 cm³/mol. The highest BCUT2D eigenvalue weighted by molar-refractivity contribution is 5.88. The maximum Gasteiger partial charge on any atom is 0.329 e. The summed E-state index contributed by atoms with van der Waals surface area (Å²) < 4.78 is 0. The molecule has 1 saturated heterocycles. The Morgan fingerprint density at radius 2 is 1.94 bits per heavy atom. The molecule has 0 radical (unpaired) electrons. The number of carboxylic acids is 1. The molecular formula is C12H22N2O3. The quantitative estimate of drug-likeness (QED) is 0.659. The zero-order valence-corrected chi connectivity index (χ0v) is 10.7. The van der Waals surface area contributed by atoms with Gasteiger partial charge < -0.3 is 15.7 Å². The zero-order valence-electron chi connectivity index (χ0n) is 10.7. The van der Waals surface area contributed by atoms with Crippen molar-refractivity contribution in [2.45, 2.75) is 39.2 Å². The molecule has 0 bridgehead atoms. The average Bonchev–Trinajstić information content (AvgIpc) is 2.72. The van der Waals surface area contributed by atoms with Crippen molar-refractivity contribution in [2.24, 2.45) is 11.8 Å². The van der Waals surface area contributed by atoms with Crippen molar-refractivity contribution in [1.29, 1.82) is 0 Å². The summed E-state index contributed by atoms with van der Waals surface area (Å²) >= 11 is 0. The monoisotopic (exact) mass is 242 g/mol. The molecule has 98 valence electrons. The number of rotatable bonds is 5. The molecule has 0 aromatic heterocycles. The van der Waals surface area contributed by atoms with Gasteiger partial charge in [0.2, 0.25) is 5.91 Å². The smallest absolute Gasteiger partial charge is 0.329 e. The summed E-state index contributed by atoms with van der Waals surface area (Å²) in [6.45, 7) is 7.03. The minimum Gasteiger partial charge on any atom is -0.480 e. The maximum atomic E-state index is 12.1. The molecule has 1 rings (SSSR count). The Balaban J connectivity index is 2.74. The van der Waals surface area contributed by atoms with Crippen LogP contribution in [-0.2, 0) is 9.59 Å². The van der Waals surface area contributed by atoms with Crippen LogP contribution in [0.4, 0.5) is 0 Å². The van der Waals surface area contributed by atoms with Crippen LogP contribution in [0.3, 0.4) is 0 Å². The Bertz CT molecular complexity index is 300. The van der Waals surface area contributed by atoms with Gasteiger partial charge in [0.15, 0.2) is 0 Å². The van der Waals surface area contributed by atoms with Crippen LogP contribution in [0, 0.1) is 11.8 Å². The first-order valence-electron chi connectivity index (χ1n) is 6.23. The minimum absolute atomic E-state index is 0.119. The van der Waals surface area contributed by atoms with Crippen LogP contribution in [0.1, 0.15) is 33.6 Å². The van der Waals surface area contributed by atoms with Gasteiger partial charge in [-0.25, -0.2) is 4.79 Å². The van der Waals surface area contributed by atoms with Crippen LogP contribution >= 0.6 is 0 Å². The Kier molecular flexibility index (Phi) is 4.51. The van der Waals surface area contributed by atoms with Crippen molar-refractivity contribution in [3.05, 3.63) is 0 Å². The molecule has 0 aliphatic carbocycles. The molecule has 1 aliphatic heterocycles. The van der Waals surface area contributed by atoms with E-state index in [2.05, 4.69) is 10.6 Å². The fraction of sp³-hybridized carbons (Fsp3) is 0.833. The lowest BCUT2D eigenvalue weighted by atomic mass is 9.90. The maximum absolute atomic E-state index is 12.1. The van der Waals surface area contributed by atoms with E-state index in [-0.39, 0.29) is 17.7 Å². The normalized spacial score (nSPS) is 24.6. The Hall–Kier alpha value is -1.10. The van der Waals surface area contributed by atoms with Gasteiger partial charge in [-0.3, -0.25) is 4.79 Å². The van der Waals surface area contributed by atoms with E-state index in [1.165, 1.54) is 0 Å². The van der Waals surface area contributed by atoms with E-state index in [9.17, 15) is 14.7 Å². The van der Waals surface area contributed by atoms with Crippen LogP contribution in [0.25, 0.3) is 0 Å². The van der Waals surface area contributed by atoms with E-state index in [4.69, 9.17) is 0 Å². The molecule has 3 N–H and O–H groups in total. The van der Waals surface area contributed by atoms with E-state index in [0.29, 0.717) is 19.4 Å². The van der Waals surface area contributed by atoms with E-state index >= 15 is 0 Å². The second-order valence-electron chi connectivity index (χ2n) is 4.83. The number of carboxylic acid groups (broad SMARTS) is 1. The summed E-state index contributed by atoms with van der Waals surface area (Å²) in [5.74, 6) is -0.954. The summed E-state index contributed by atoms with van der Waals surface area (Å²) in [4.78, 5) is 23.4. The SMILES string of the molecule is CCC(CC)(NC(=O)[C@@H]1CNC[C@H]1C)C(=O)O. The number of hydrogen-bond acceptors (Lipinski definition) is 3. The van der Waals surface area contributed by atoms with Crippen LogP contribution in [0.15, 0.2) is 0 Å². The number of hydrogen-bond donors (Lipinski definition) is 3. The summed E-state index contributed by atoms with van der Waals surface area (Å²) in [5.41, 5.74) is -1.11. The third kappa shape index (κ3) is 2.77. The standard InChI is InChI=1S/C12H22N2O3/c1-4-12(5-2,11(16)17)14-10(15)9-7-13-6-8(9)3/h8-9,13H,4-7H2,1-3H3,(H,14,15)(H,16,17)/t8-,9-/m1/s1. The summed E-state index contributed by atoms with van der Waals surface area (Å²) in [7, 11) is 0. The second kappa shape index (κ2) is 5.49. The first-order valence-corrected chi connectivity index (χ1v) is 6.23. The van der Waals surface area contributed by atoms with Gasteiger partial charge in [-0.2, -0.15) is 0 Å². The zero-order chi connectivity index (χ0) is 13.1. The number of nitrogens with one attached hydrogen (secondary N) is 2. The molecule has 1 fully saturated rings. The molecule has 1 aliphatic rings. The van der Waals surface area contributed by atoms with Crippen molar-refractivity contribution < 1.29 is 14.7 Å². The van der Waals surface area contributed by atoms with Crippen molar-refractivity contribution in [2.75, 3.05) is 13.1 Å². The van der Waals surface area contributed by atoms with Gasteiger partial charge in [0.25, 0.3) is 0 Å². The Labute approximate surface area is 102 Å². The third-order valence-electron chi connectivity index (χ3n) is 3.83. The molecule has 0 spiro atoms. The van der Waals surface area contributed by atoms with Gasteiger partial charge >= 0.3 is 5.97 Å². The van der Waals surface area contributed by atoms with Crippen molar-refractivity contribution in [1.82, 2.24) is 10.6 Å². The van der Waals surface area contributed by atoms with E-state index < -0.39 is 11.5 Å². The molecule has 2 atom stereocenters. The number of amides is 1. The molecule has 5 nitrogen and oxygen atoms in total. The number of carbonyl (C=O) groups excluding carboxylic acids is 1. The van der Waals surface area contributed by atoms with Gasteiger partial charge in [0, 0.05) is 6.54 Å². The van der Waals surface area contributed by atoms with Gasteiger partial charge in [-0.05, 0) is 25.3 Å². The summed E-state index contributed by atoms with van der Waals surface area (Å²) in [6.07, 6.45) is 0.804. The van der Waals surface area contributed by atoms with Crippen LogP contribution in [-0.4, -0.2) is 35.6 Å². The lowest BCUT2D eigenvalue weighted by molar-refractivity contribution is -0.148. The molecule has 1 heterocycles. The Morgan fingerprint density at radius 1 is 1.35 bits per heavy atom. The first kappa shape index (κ1) is 14.0. The second-order valence-corrected chi connectivity index (χ2v) is 4.83. The molecule has 1 amide bonds. The van der Waals surface area contributed by atoms with Crippen molar-refractivity contribution in [3.63, 3.8) is 0 Å². The van der Waals surface area contributed by atoms with Gasteiger partial charge in [0.05, 0.1) is 5.92 Å². The van der Waals surface area contributed by atoms with E-state index in [0.717, 1.165) is 6.54 Å². The molecule has 0 aromatic carbocycles. The topological polar surface area (TPSA) is 78.4 Å². The van der Waals surface area contributed by atoms with Gasteiger partial charge in [-0.1, -0.05) is 20.8 Å². The van der Waals surface area contributed by atoms with Crippen LogP contribution in [0.2, 0.25) is 0 Å². The lowest BCUT2D eigenvalue weighted by Gasteiger charge is -2.30. The summed E-state index contributed by atoms with van der Waals surface area (Å²) in [5, 5.41) is 15.1. The average molecular weight is 242 g/mol. The van der Waals surface area contributed by atoms with Gasteiger partial charge in [0.1, 0.15) is 5.54 Å². The van der Waals surface area contributed by atoms with Gasteiger partial charge in [-0.15, -0.1) is 0 Å². The molecule has 0 saturated carbocycles. The predicted octanol–water partition coefficient (Wildman–Crippen LogP) is 0.601. The van der Waals surface area contributed by atoms with E-state index in [1.54, 1.807) is 13.8 Å². The number of aliphatic carboxylic acids is 1. The minimum atomic E-state index is -1.11. The highest BCUT2D eigenvalue weighted by Crippen LogP contribution is 2.20. The van der Waals surface area contributed by atoms with Crippen molar-refractivity contribution in [3.8, 4) is 0 Å². The van der Waals surface area contributed by atoms with Crippen molar-refractivity contribution >= 4 is 11.9 Å². The lowest BCUT2D eigenvalue weighted by Crippen LogP contribution is -2.55. The Morgan fingerprint density at radius 3 is 2.29 bits per heavy atom. The van der Waals surface area contributed by atoms with Crippen LogP contribution in [0.5, 0.6) is 0 Å². The molecule has 0 unspecified atom stereocenters. The fourth-order valence-corrected chi connectivity index (χ4v) is 2.27. The highest BCUT2D eigenvalue weighted by atomic mass is 16.4. The molecule has 17 heavy (non-hydrogen) atoms. The molecular weight excluding hydrogens is 220 g/mol. The largest absolute Gasteiger partial charge is 0.480 e. The van der Waals surface area contributed by atoms with Crippen LogP contribution < -0.4 is 10.6 Å². The fourth-order valence-electron chi connectivity index (χ4n) is 2.27. The third-order valence-corrected chi connectivity index (χ3v) is 3.83. The van der Waals surface area contributed by atoms with E-state index in [1.807, 2.05) is 6.92 Å². The molecule has 5 heteroatoms. The number of carbonyl (C=O) groups is 2.